The maximum Gasteiger partial charge on any atom is 0.143 e. The normalized spacial score (nSPS) is 22.4. The first-order chi connectivity index (χ1) is 6.75. The number of hydrogen-bond acceptors (Lipinski definition) is 3. The van der Waals surface area contributed by atoms with Crippen molar-refractivity contribution in [1.29, 1.82) is 0 Å². The van der Waals surface area contributed by atoms with Crippen LogP contribution in [0.5, 0.6) is 0 Å². The molecule has 0 aliphatic carbocycles. The second-order valence-electron chi connectivity index (χ2n) is 3.71. The molecule has 2 N–H and O–H groups in total. The lowest BCUT2D eigenvalue weighted by molar-refractivity contribution is 0.504. The molecule has 2 heterocycles. The van der Waals surface area contributed by atoms with Gasteiger partial charge in [-0.25, -0.2) is 4.39 Å². The average Bonchev–Trinajstić information content (AvgIpc) is 2.18. The molecule has 3 nitrogen and oxygen atoms in total. The van der Waals surface area contributed by atoms with Crippen LogP contribution in [0.4, 0.5) is 10.1 Å². The molecule has 1 aromatic heterocycles. The molecular weight excluding hydrogens is 181 g/mol. The summed E-state index contributed by atoms with van der Waals surface area (Å²) in [5.41, 5.74) is 6.68. The predicted octanol–water partition coefficient (Wildman–Crippen LogP) is 1.15. The minimum absolute atomic E-state index is 0.201. The maximum absolute atomic E-state index is 12.9. The highest BCUT2D eigenvalue weighted by Crippen LogP contribution is 2.18. The third kappa shape index (κ3) is 2.01. The number of halogens is 1. The molecular formula is C10H14FN3. The van der Waals surface area contributed by atoms with Gasteiger partial charge in [0.2, 0.25) is 0 Å². The van der Waals surface area contributed by atoms with Crippen LogP contribution in [0.15, 0.2) is 18.5 Å². The number of piperidine rings is 1. The van der Waals surface area contributed by atoms with Gasteiger partial charge in [-0.1, -0.05) is 0 Å². The number of pyridine rings is 1. The van der Waals surface area contributed by atoms with Crippen LogP contribution < -0.4 is 10.6 Å². The SMILES string of the molecule is NC1CCCN(c2cncc(F)c2)C1. The van der Waals surface area contributed by atoms with Crippen molar-refractivity contribution < 1.29 is 4.39 Å². The summed E-state index contributed by atoms with van der Waals surface area (Å²) in [5, 5.41) is 0. The molecule has 1 aromatic rings. The van der Waals surface area contributed by atoms with Crippen LogP contribution in [0.1, 0.15) is 12.8 Å². The summed E-state index contributed by atoms with van der Waals surface area (Å²) in [6, 6.07) is 1.71. The standard InChI is InChI=1S/C10H14FN3/c11-8-4-10(6-13-5-8)14-3-1-2-9(12)7-14/h4-6,9H,1-3,7,12H2. The molecule has 1 aliphatic rings. The third-order valence-electron chi connectivity index (χ3n) is 2.51. The maximum atomic E-state index is 12.9. The Morgan fingerprint density at radius 2 is 2.36 bits per heavy atom. The molecule has 2 rings (SSSR count). The van der Waals surface area contributed by atoms with E-state index in [4.69, 9.17) is 5.73 Å². The Hall–Kier alpha value is -1.16. The number of aromatic nitrogens is 1. The van der Waals surface area contributed by atoms with Gasteiger partial charge >= 0.3 is 0 Å². The Balaban J connectivity index is 2.14. The third-order valence-corrected chi connectivity index (χ3v) is 2.51. The average molecular weight is 195 g/mol. The van der Waals surface area contributed by atoms with Gasteiger partial charge in [0.25, 0.3) is 0 Å². The summed E-state index contributed by atoms with van der Waals surface area (Å²) in [4.78, 5) is 5.91. The van der Waals surface area contributed by atoms with Gasteiger partial charge in [-0.3, -0.25) is 4.98 Å². The first-order valence-electron chi connectivity index (χ1n) is 4.87. The molecule has 1 atom stereocenters. The molecule has 0 bridgehead atoms. The Labute approximate surface area is 82.7 Å². The Morgan fingerprint density at radius 3 is 3.07 bits per heavy atom. The molecule has 1 fully saturated rings. The summed E-state index contributed by atoms with van der Waals surface area (Å²) in [6.45, 7) is 1.74. The minimum atomic E-state index is -0.290. The molecule has 0 saturated carbocycles. The molecule has 0 spiro atoms. The second kappa shape index (κ2) is 3.92. The zero-order chi connectivity index (χ0) is 9.97. The molecule has 0 amide bonds. The summed E-state index contributed by atoms with van der Waals surface area (Å²) >= 11 is 0. The van der Waals surface area contributed by atoms with E-state index in [1.54, 1.807) is 6.20 Å². The van der Waals surface area contributed by atoms with Crippen LogP contribution in [-0.2, 0) is 0 Å². The van der Waals surface area contributed by atoms with Crippen molar-refractivity contribution in [3.63, 3.8) is 0 Å². The molecule has 1 saturated heterocycles. The topological polar surface area (TPSA) is 42.1 Å². The van der Waals surface area contributed by atoms with E-state index >= 15 is 0 Å². The van der Waals surface area contributed by atoms with Crippen molar-refractivity contribution in [2.24, 2.45) is 5.73 Å². The molecule has 76 valence electrons. The van der Waals surface area contributed by atoms with Crippen LogP contribution in [0, 0.1) is 5.82 Å². The zero-order valence-corrected chi connectivity index (χ0v) is 7.99. The van der Waals surface area contributed by atoms with E-state index in [0.717, 1.165) is 31.6 Å². The van der Waals surface area contributed by atoms with Crippen LogP contribution in [0.3, 0.4) is 0 Å². The molecule has 4 heteroatoms. The van der Waals surface area contributed by atoms with Gasteiger partial charge in [0.15, 0.2) is 0 Å². The highest BCUT2D eigenvalue weighted by Gasteiger charge is 2.17. The van der Waals surface area contributed by atoms with E-state index in [-0.39, 0.29) is 11.9 Å². The number of hydrogen-bond donors (Lipinski definition) is 1. The lowest BCUT2D eigenvalue weighted by Gasteiger charge is -2.32. The van der Waals surface area contributed by atoms with Gasteiger partial charge in [0.05, 0.1) is 18.1 Å². The van der Waals surface area contributed by atoms with Crippen LogP contribution in [0.25, 0.3) is 0 Å². The van der Waals surface area contributed by atoms with E-state index in [1.807, 2.05) is 0 Å². The monoisotopic (exact) mass is 195 g/mol. The highest BCUT2D eigenvalue weighted by molar-refractivity contribution is 5.44. The highest BCUT2D eigenvalue weighted by atomic mass is 19.1. The molecule has 0 radical (unpaired) electrons. The number of nitrogens with zero attached hydrogens (tertiary/aromatic N) is 2. The van der Waals surface area contributed by atoms with Crippen molar-refractivity contribution in [2.75, 3.05) is 18.0 Å². The number of rotatable bonds is 1. The van der Waals surface area contributed by atoms with Gasteiger partial charge in [-0.15, -0.1) is 0 Å². The van der Waals surface area contributed by atoms with Gasteiger partial charge in [-0.05, 0) is 12.8 Å². The fourth-order valence-corrected chi connectivity index (χ4v) is 1.82. The lowest BCUT2D eigenvalue weighted by Crippen LogP contribution is -2.42. The Morgan fingerprint density at radius 1 is 1.50 bits per heavy atom. The van der Waals surface area contributed by atoms with Gasteiger partial charge in [0.1, 0.15) is 5.82 Å². The van der Waals surface area contributed by atoms with E-state index < -0.39 is 0 Å². The first-order valence-corrected chi connectivity index (χ1v) is 4.87. The van der Waals surface area contributed by atoms with E-state index in [9.17, 15) is 4.39 Å². The lowest BCUT2D eigenvalue weighted by atomic mass is 10.1. The largest absolute Gasteiger partial charge is 0.369 e. The first kappa shape index (κ1) is 9.40. The summed E-state index contributed by atoms with van der Waals surface area (Å²) in [7, 11) is 0. The molecule has 14 heavy (non-hydrogen) atoms. The summed E-state index contributed by atoms with van der Waals surface area (Å²) in [5.74, 6) is -0.290. The van der Waals surface area contributed by atoms with Gasteiger partial charge in [-0.2, -0.15) is 0 Å². The Kier molecular flexibility index (Phi) is 2.63. The number of nitrogens with two attached hydrogens (primary N) is 1. The van der Waals surface area contributed by atoms with Gasteiger partial charge in [0, 0.05) is 25.2 Å². The smallest absolute Gasteiger partial charge is 0.143 e. The zero-order valence-electron chi connectivity index (χ0n) is 7.99. The van der Waals surface area contributed by atoms with Crippen LogP contribution >= 0.6 is 0 Å². The van der Waals surface area contributed by atoms with E-state index in [1.165, 1.54) is 12.3 Å². The molecule has 1 aliphatic heterocycles. The summed E-state index contributed by atoms with van der Waals surface area (Å²) in [6.07, 6.45) is 5.02. The van der Waals surface area contributed by atoms with Crippen molar-refractivity contribution in [3.05, 3.63) is 24.3 Å². The van der Waals surface area contributed by atoms with Crippen molar-refractivity contribution in [3.8, 4) is 0 Å². The minimum Gasteiger partial charge on any atom is -0.369 e. The van der Waals surface area contributed by atoms with Crippen molar-refractivity contribution in [1.82, 2.24) is 4.98 Å². The van der Waals surface area contributed by atoms with Crippen LogP contribution in [0.2, 0.25) is 0 Å². The fraction of sp³-hybridized carbons (Fsp3) is 0.500. The fourth-order valence-electron chi connectivity index (χ4n) is 1.82. The van der Waals surface area contributed by atoms with Crippen molar-refractivity contribution >= 4 is 5.69 Å². The van der Waals surface area contributed by atoms with E-state index in [2.05, 4.69) is 9.88 Å². The van der Waals surface area contributed by atoms with E-state index in [0.29, 0.717) is 0 Å². The van der Waals surface area contributed by atoms with Crippen molar-refractivity contribution in [2.45, 2.75) is 18.9 Å². The summed E-state index contributed by atoms with van der Waals surface area (Å²) < 4.78 is 12.9. The predicted molar refractivity (Wildman–Crippen MR) is 53.6 cm³/mol. The quantitative estimate of drug-likeness (QED) is 0.731. The van der Waals surface area contributed by atoms with Gasteiger partial charge < -0.3 is 10.6 Å². The number of anilines is 1. The van der Waals surface area contributed by atoms with Crippen LogP contribution in [-0.4, -0.2) is 24.1 Å². The molecule has 1 unspecified atom stereocenters. The Bertz CT molecular complexity index is 316. The molecule has 0 aromatic carbocycles. The second-order valence-corrected chi connectivity index (χ2v) is 3.71.